The summed E-state index contributed by atoms with van der Waals surface area (Å²) in [4.78, 5) is 13.2. The Kier molecular flexibility index (Phi) is 7.16. The van der Waals surface area contributed by atoms with Crippen LogP contribution in [0, 0.1) is 11.3 Å². The number of carboxylic acids is 1. The van der Waals surface area contributed by atoms with Crippen molar-refractivity contribution in [1.82, 2.24) is 4.90 Å². The summed E-state index contributed by atoms with van der Waals surface area (Å²) in [5.41, 5.74) is 9.21. The lowest BCUT2D eigenvalue weighted by molar-refractivity contribution is -0.140. The largest absolute Gasteiger partial charge is 0.497 e. The maximum absolute atomic E-state index is 10.6. The zero-order valence-corrected chi connectivity index (χ0v) is 20.1. The minimum absolute atomic E-state index is 0.0793. The molecule has 2 bridgehead atoms. The zero-order chi connectivity index (χ0) is 22.8. The van der Waals surface area contributed by atoms with E-state index in [-0.39, 0.29) is 11.8 Å². The van der Waals surface area contributed by atoms with Gasteiger partial charge in [0.1, 0.15) is 5.75 Å². The summed E-state index contributed by atoms with van der Waals surface area (Å²) in [5.74, 6) is 1.21. The smallest absolute Gasteiger partial charge is 0.303 e. The van der Waals surface area contributed by atoms with Crippen LogP contribution in [0.15, 0.2) is 18.2 Å². The molecule has 1 aliphatic heterocycles. The lowest BCUT2D eigenvalue weighted by Crippen LogP contribution is -2.59. The second kappa shape index (κ2) is 9.72. The highest BCUT2D eigenvalue weighted by atomic mass is 16.5. The second-order valence-corrected chi connectivity index (χ2v) is 10.9. The van der Waals surface area contributed by atoms with Gasteiger partial charge in [-0.25, -0.2) is 0 Å². The van der Waals surface area contributed by atoms with Crippen molar-refractivity contribution in [2.75, 3.05) is 27.2 Å². The SMILES string of the molecule is COc1ccc2c(c1)[C@@]13CCCC[C@@H]1[C@@H](C2)N(C)CC3.NCC1(CC(=O)O)CCCCC1. The van der Waals surface area contributed by atoms with Crippen molar-refractivity contribution in [2.24, 2.45) is 17.1 Å². The molecule has 0 amide bonds. The molecule has 5 rings (SSSR count). The number of benzene rings is 1. The number of likely N-dealkylation sites (tertiary alicyclic amines) is 1. The molecule has 1 heterocycles. The molecule has 3 atom stereocenters. The average molecular weight is 443 g/mol. The van der Waals surface area contributed by atoms with Gasteiger partial charge in [-0.3, -0.25) is 4.79 Å². The molecule has 32 heavy (non-hydrogen) atoms. The number of nitrogens with two attached hydrogens (primary N) is 1. The van der Waals surface area contributed by atoms with Crippen molar-refractivity contribution in [3.8, 4) is 5.75 Å². The molecule has 3 fully saturated rings. The van der Waals surface area contributed by atoms with Crippen molar-refractivity contribution < 1.29 is 14.6 Å². The standard InChI is InChI=1S/C18H25NO.C9H17NO2/c1-19-10-9-18-8-4-3-5-15(18)17(19)11-13-6-7-14(20-2)12-16(13)18;10-7-9(6-8(11)12)4-2-1-3-5-9/h6-7,12,15,17H,3-5,8-11H2,1-2H3;1-7,10H2,(H,11,12)/t15-,17-,18-;/m1./s1. The van der Waals surface area contributed by atoms with Crippen LogP contribution in [0.4, 0.5) is 0 Å². The molecule has 0 radical (unpaired) electrons. The third-order valence-electron chi connectivity index (χ3n) is 9.19. The number of piperidine rings is 1. The first kappa shape index (κ1) is 23.6. The minimum Gasteiger partial charge on any atom is -0.497 e. The number of rotatable bonds is 4. The molecular formula is C27H42N2O3. The van der Waals surface area contributed by atoms with Gasteiger partial charge < -0.3 is 20.5 Å². The Morgan fingerprint density at radius 3 is 2.59 bits per heavy atom. The van der Waals surface area contributed by atoms with E-state index in [1.54, 1.807) is 18.2 Å². The van der Waals surface area contributed by atoms with Gasteiger partial charge in [0.25, 0.3) is 0 Å². The number of hydrogen-bond donors (Lipinski definition) is 2. The highest BCUT2D eigenvalue weighted by molar-refractivity contribution is 5.67. The predicted octanol–water partition coefficient (Wildman–Crippen LogP) is 4.75. The van der Waals surface area contributed by atoms with Crippen molar-refractivity contribution in [1.29, 1.82) is 0 Å². The lowest BCUT2D eigenvalue weighted by Gasteiger charge is -2.58. The van der Waals surface area contributed by atoms with Crippen LogP contribution in [0.1, 0.15) is 81.8 Å². The molecule has 1 saturated heterocycles. The number of methoxy groups -OCH3 is 1. The Labute approximate surface area is 193 Å². The van der Waals surface area contributed by atoms with E-state index in [0.29, 0.717) is 12.0 Å². The number of carbonyl (C=O) groups is 1. The molecule has 5 heteroatoms. The first-order valence-electron chi connectivity index (χ1n) is 12.7. The van der Waals surface area contributed by atoms with Crippen molar-refractivity contribution in [3.63, 3.8) is 0 Å². The van der Waals surface area contributed by atoms with Crippen LogP contribution in [-0.2, 0) is 16.6 Å². The number of ether oxygens (including phenoxy) is 1. The number of nitrogens with zero attached hydrogens (tertiary/aromatic N) is 1. The molecule has 178 valence electrons. The van der Waals surface area contributed by atoms with Crippen LogP contribution < -0.4 is 10.5 Å². The van der Waals surface area contributed by atoms with Crippen LogP contribution >= 0.6 is 0 Å². The Bertz CT molecular complexity index is 804. The van der Waals surface area contributed by atoms with Gasteiger partial charge in [-0.1, -0.05) is 38.2 Å². The Morgan fingerprint density at radius 1 is 1.16 bits per heavy atom. The van der Waals surface area contributed by atoms with Gasteiger partial charge in [-0.05, 0) is 93.3 Å². The highest BCUT2D eigenvalue weighted by Crippen LogP contribution is 2.55. The van der Waals surface area contributed by atoms with E-state index in [9.17, 15) is 4.79 Å². The normalized spacial score (nSPS) is 30.8. The fraction of sp³-hybridized carbons (Fsp3) is 0.741. The Morgan fingerprint density at radius 2 is 1.91 bits per heavy atom. The van der Waals surface area contributed by atoms with Crippen LogP contribution in [0.3, 0.4) is 0 Å². The summed E-state index contributed by atoms with van der Waals surface area (Å²) in [6.45, 7) is 1.79. The predicted molar refractivity (Wildman–Crippen MR) is 128 cm³/mol. The van der Waals surface area contributed by atoms with E-state index in [1.807, 2.05) is 0 Å². The van der Waals surface area contributed by atoms with Gasteiger partial charge >= 0.3 is 5.97 Å². The summed E-state index contributed by atoms with van der Waals surface area (Å²) in [5, 5.41) is 8.71. The minimum atomic E-state index is -0.706. The summed E-state index contributed by atoms with van der Waals surface area (Å²) in [6.07, 6.45) is 14.0. The highest BCUT2D eigenvalue weighted by Gasteiger charge is 2.53. The summed E-state index contributed by atoms with van der Waals surface area (Å²) >= 11 is 0. The van der Waals surface area contributed by atoms with Gasteiger partial charge in [0.15, 0.2) is 0 Å². The number of hydrogen-bond acceptors (Lipinski definition) is 4. The number of carboxylic acid groups (broad SMARTS) is 1. The molecule has 3 aliphatic carbocycles. The van der Waals surface area contributed by atoms with E-state index in [0.717, 1.165) is 43.4 Å². The van der Waals surface area contributed by atoms with E-state index in [2.05, 4.69) is 30.1 Å². The lowest BCUT2D eigenvalue weighted by atomic mass is 9.52. The van der Waals surface area contributed by atoms with E-state index < -0.39 is 5.97 Å². The third kappa shape index (κ3) is 4.43. The Hall–Kier alpha value is -1.59. The van der Waals surface area contributed by atoms with Gasteiger partial charge in [0.05, 0.1) is 13.5 Å². The van der Waals surface area contributed by atoms with Crippen molar-refractivity contribution in [2.45, 2.75) is 88.5 Å². The fourth-order valence-electron chi connectivity index (χ4n) is 7.38. The molecule has 0 aromatic heterocycles. The summed E-state index contributed by atoms with van der Waals surface area (Å²) in [7, 11) is 4.12. The topological polar surface area (TPSA) is 75.8 Å². The summed E-state index contributed by atoms with van der Waals surface area (Å²) in [6, 6.07) is 7.60. The maximum Gasteiger partial charge on any atom is 0.303 e. The molecule has 5 nitrogen and oxygen atoms in total. The van der Waals surface area contributed by atoms with Gasteiger partial charge in [-0.2, -0.15) is 0 Å². The van der Waals surface area contributed by atoms with Crippen molar-refractivity contribution in [3.05, 3.63) is 29.3 Å². The van der Waals surface area contributed by atoms with Gasteiger partial charge in [0.2, 0.25) is 0 Å². The first-order valence-corrected chi connectivity index (χ1v) is 12.7. The van der Waals surface area contributed by atoms with Crippen LogP contribution in [0.25, 0.3) is 0 Å². The third-order valence-corrected chi connectivity index (χ3v) is 9.19. The van der Waals surface area contributed by atoms with E-state index in [4.69, 9.17) is 15.6 Å². The molecule has 0 unspecified atom stereocenters. The second-order valence-electron chi connectivity index (χ2n) is 10.9. The molecule has 2 saturated carbocycles. The van der Waals surface area contributed by atoms with Crippen LogP contribution in [-0.4, -0.2) is 49.3 Å². The van der Waals surface area contributed by atoms with Gasteiger partial charge in [-0.15, -0.1) is 0 Å². The van der Waals surface area contributed by atoms with Crippen molar-refractivity contribution >= 4 is 5.97 Å². The number of likely N-dealkylation sites (N-methyl/N-ethyl adjacent to an activating group) is 1. The molecule has 3 N–H and O–H groups in total. The monoisotopic (exact) mass is 442 g/mol. The quantitative estimate of drug-likeness (QED) is 0.703. The number of fused-ring (bicyclic) bond motifs is 1. The van der Waals surface area contributed by atoms with E-state index in [1.165, 1.54) is 51.5 Å². The van der Waals surface area contributed by atoms with Gasteiger partial charge in [0, 0.05) is 11.5 Å². The molecule has 4 aliphatic rings. The maximum atomic E-state index is 10.6. The van der Waals surface area contributed by atoms with Crippen LogP contribution in [0.5, 0.6) is 5.75 Å². The van der Waals surface area contributed by atoms with Crippen LogP contribution in [0.2, 0.25) is 0 Å². The molecule has 0 spiro atoms. The number of aliphatic carboxylic acids is 1. The molecule has 1 aromatic rings. The average Bonchev–Trinajstić information content (AvgIpc) is 2.82. The fourth-order valence-corrected chi connectivity index (χ4v) is 7.38. The molecule has 1 aromatic carbocycles. The molecular weight excluding hydrogens is 400 g/mol. The Balaban J connectivity index is 0.000000176. The summed E-state index contributed by atoms with van der Waals surface area (Å²) < 4.78 is 5.51. The van der Waals surface area contributed by atoms with E-state index >= 15 is 0 Å². The first-order chi connectivity index (χ1) is 15.4. The zero-order valence-electron chi connectivity index (χ0n) is 20.1.